The predicted octanol–water partition coefficient (Wildman–Crippen LogP) is 4.38. The van der Waals surface area contributed by atoms with E-state index in [9.17, 15) is 27.6 Å². The number of hydrogen-bond acceptors (Lipinski definition) is 4. The van der Waals surface area contributed by atoms with Gasteiger partial charge in [0.2, 0.25) is 5.91 Å². The first-order chi connectivity index (χ1) is 13.3. The smallest absolute Gasteiger partial charge is 0.325 e. The number of nitrogens with one attached hydrogen (secondary N) is 1. The number of amides is 3. The molecule has 1 saturated heterocycles. The van der Waals surface area contributed by atoms with Crippen LogP contribution in [0.4, 0.5) is 23.7 Å². The number of hydrogen-bond donors (Lipinski definition) is 1. The topological polar surface area (TPSA) is 66.5 Å². The highest BCUT2D eigenvalue weighted by Gasteiger charge is 2.38. The minimum atomic E-state index is -4.60. The number of carbonyl (C=O) groups excluding carboxylic acids is 3. The Morgan fingerprint density at radius 2 is 1.68 bits per heavy atom. The Morgan fingerprint density at radius 3 is 2.36 bits per heavy atom. The number of rotatable bonds is 4. The Kier molecular flexibility index (Phi) is 5.55. The maximum absolute atomic E-state index is 13.1. The molecule has 144 valence electrons. The third-order valence-corrected chi connectivity index (χ3v) is 4.69. The largest absolute Gasteiger partial charge is 0.416 e. The lowest BCUT2D eigenvalue weighted by Gasteiger charge is -2.12. The molecule has 0 bridgehead atoms. The second-order valence-corrected chi connectivity index (χ2v) is 6.76. The zero-order valence-electron chi connectivity index (χ0n) is 14.2. The van der Waals surface area contributed by atoms with E-state index in [1.54, 1.807) is 30.3 Å². The van der Waals surface area contributed by atoms with E-state index in [4.69, 9.17) is 0 Å². The first kappa shape index (κ1) is 19.7. The van der Waals surface area contributed by atoms with Gasteiger partial charge in [0.05, 0.1) is 10.5 Å². The van der Waals surface area contributed by atoms with E-state index in [0.717, 1.165) is 12.1 Å². The van der Waals surface area contributed by atoms with Crippen molar-refractivity contribution in [2.45, 2.75) is 6.18 Å². The molecule has 2 aromatic carbocycles. The molecule has 0 spiro atoms. The van der Waals surface area contributed by atoms with Crippen molar-refractivity contribution in [3.05, 3.63) is 70.6 Å². The first-order valence-corrected chi connectivity index (χ1v) is 8.84. The lowest BCUT2D eigenvalue weighted by atomic mass is 10.1. The van der Waals surface area contributed by atoms with Crippen LogP contribution >= 0.6 is 11.8 Å². The molecule has 1 fully saturated rings. The minimum Gasteiger partial charge on any atom is -0.325 e. The van der Waals surface area contributed by atoms with Gasteiger partial charge in [-0.1, -0.05) is 36.4 Å². The van der Waals surface area contributed by atoms with E-state index in [2.05, 4.69) is 5.32 Å². The maximum Gasteiger partial charge on any atom is 0.416 e. The van der Waals surface area contributed by atoms with E-state index in [1.165, 1.54) is 18.2 Å². The molecular formula is C19H13F3N2O3S. The molecule has 9 heteroatoms. The molecule has 28 heavy (non-hydrogen) atoms. The van der Waals surface area contributed by atoms with Crippen molar-refractivity contribution >= 4 is 40.6 Å². The standard InChI is InChI=1S/C19H13F3N2O3S/c20-19(21,22)14-9-5-4-6-12(14)10-15-17(26)24(18(27)28-15)11-16(25)23-13-7-2-1-3-8-13/h1-10H,11H2,(H,23,25)/b15-10-. The summed E-state index contributed by atoms with van der Waals surface area (Å²) in [5.41, 5.74) is -0.646. The van der Waals surface area contributed by atoms with Crippen molar-refractivity contribution < 1.29 is 27.6 Å². The summed E-state index contributed by atoms with van der Waals surface area (Å²) >= 11 is 0.495. The van der Waals surface area contributed by atoms with Crippen LogP contribution in [0.5, 0.6) is 0 Å². The number of imide groups is 1. The summed E-state index contributed by atoms with van der Waals surface area (Å²) in [4.78, 5) is 37.1. The van der Waals surface area contributed by atoms with Crippen LogP contribution in [0.1, 0.15) is 11.1 Å². The first-order valence-electron chi connectivity index (χ1n) is 8.02. The Labute approximate surface area is 162 Å². The normalized spacial score (nSPS) is 16.0. The van der Waals surface area contributed by atoms with E-state index in [-0.39, 0.29) is 10.5 Å². The number of thioether (sulfide) groups is 1. The van der Waals surface area contributed by atoms with E-state index in [1.807, 2.05) is 0 Å². The summed E-state index contributed by atoms with van der Waals surface area (Å²) in [7, 11) is 0. The molecule has 0 aliphatic carbocycles. The van der Waals surface area contributed by atoms with Gasteiger partial charge < -0.3 is 5.32 Å². The highest BCUT2D eigenvalue weighted by atomic mass is 32.2. The summed E-state index contributed by atoms with van der Waals surface area (Å²) in [6.07, 6.45) is -3.58. The molecule has 0 unspecified atom stereocenters. The summed E-state index contributed by atoms with van der Waals surface area (Å²) in [5, 5.41) is 1.82. The van der Waals surface area contributed by atoms with Crippen molar-refractivity contribution in [2.24, 2.45) is 0 Å². The molecule has 1 aliphatic rings. The van der Waals surface area contributed by atoms with Crippen LogP contribution in [-0.4, -0.2) is 28.5 Å². The van der Waals surface area contributed by atoms with Crippen molar-refractivity contribution in [2.75, 3.05) is 11.9 Å². The van der Waals surface area contributed by atoms with Gasteiger partial charge in [-0.05, 0) is 41.6 Å². The molecule has 0 atom stereocenters. The van der Waals surface area contributed by atoms with Crippen LogP contribution < -0.4 is 5.32 Å². The molecule has 3 amide bonds. The van der Waals surface area contributed by atoms with Crippen LogP contribution in [0.15, 0.2) is 59.5 Å². The van der Waals surface area contributed by atoms with Crippen LogP contribution in [0.2, 0.25) is 0 Å². The Hall–Kier alpha value is -3.07. The Balaban J connectivity index is 1.77. The number of benzene rings is 2. The molecule has 0 saturated carbocycles. The quantitative estimate of drug-likeness (QED) is 0.766. The van der Waals surface area contributed by atoms with Crippen LogP contribution in [0.25, 0.3) is 6.08 Å². The predicted molar refractivity (Wildman–Crippen MR) is 99.2 cm³/mol. The monoisotopic (exact) mass is 406 g/mol. The van der Waals surface area contributed by atoms with E-state index in [0.29, 0.717) is 22.3 Å². The summed E-state index contributed by atoms with van der Waals surface area (Å²) < 4.78 is 39.3. The molecule has 0 aromatic heterocycles. The van der Waals surface area contributed by atoms with Crippen molar-refractivity contribution in [1.29, 1.82) is 0 Å². The van der Waals surface area contributed by atoms with E-state index < -0.39 is 35.3 Å². The number of anilines is 1. The zero-order valence-corrected chi connectivity index (χ0v) is 15.0. The van der Waals surface area contributed by atoms with Crippen LogP contribution in [-0.2, 0) is 15.8 Å². The average molecular weight is 406 g/mol. The molecule has 1 heterocycles. The zero-order chi connectivity index (χ0) is 20.3. The number of nitrogens with zero attached hydrogens (tertiary/aromatic N) is 1. The fourth-order valence-corrected chi connectivity index (χ4v) is 3.35. The van der Waals surface area contributed by atoms with E-state index >= 15 is 0 Å². The second-order valence-electron chi connectivity index (χ2n) is 5.77. The fourth-order valence-electron chi connectivity index (χ4n) is 2.52. The lowest BCUT2D eigenvalue weighted by molar-refractivity contribution is -0.137. The third kappa shape index (κ3) is 4.42. The fraction of sp³-hybridized carbons (Fsp3) is 0.105. The third-order valence-electron chi connectivity index (χ3n) is 3.79. The Morgan fingerprint density at radius 1 is 1.04 bits per heavy atom. The molecule has 2 aromatic rings. The van der Waals surface area contributed by atoms with Gasteiger partial charge in [0.15, 0.2) is 0 Å². The van der Waals surface area contributed by atoms with Crippen molar-refractivity contribution in [3.8, 4) is 0 Å². The number of para-hydroxylation sites is 1. The van der Waals surface area contributed by atoms with Gasteiger partial charge in [0.1, 0.15) is 6.54 Å². The van der Waals surface area contributed by atoms with Gasteiger partial charge in [-0.15, -0.1) is 0 Å². The van der Waals surface area contributed by atoms with Crippen molar-refractivity contribution in [1.82, 2.24) is 4.90 Å². The summed E-state index contributed by atoms with van der Waals surface area (Å²) in [5.74, 6) is -1.40. The van der Waals surface area contributed by atoms with Gasteiger partial charge >= 0.3 is 6.18 Å². The summed E-state index contributed by atoms with van der Waals surface area (Å²) in [6, 6.07) is 13.2. The van der Waals surface area contributed by atoms with Crippen LogP contribution in [0.3, 0.4) is 0 Å². The van der Waals surface area contributed by atoms with Crippen LogP contribution in [0, 0.1) is 0 Å². The van der Waals surface area contributed by atoms with Gasteiger partial charge in [-0.2, -0.15) is 13.2 Å². The minimum absolute atomic E-state index is 0.172. The second kappa shape index (κ2) is 7.89. The van der Waals surface area contributed by atoms with Gasteiger partial charge in [-0.25, -0.2) is 0 Å². The molecule has 5 nitrogen and oxygen atoms in total. The highest BCUT2D eigenvalue weighted by molar-refractivity contribution is 8.18. The number of carbonyl (C=O) groups is 3. The number of halogens is 3. The Bertz CT molecular complexity index is 958. The molecular weight excluding hydrogens is 393 g/mol. The molecule has 0 radical (unpaired) electrons. The SMILES string of the molecule is O=C(CN1C(=O)S/C(=C\c2ccccc2C(F)(F)F)C1=O)Nc1ccccc1. The lowest BCUT2D eigenvalue weighted by Crippen LogP contribution is -2.36. The molecule has 3 rings (SSSR count). The summed E-state index contributed by atoms with van der Waals surface area (Å²) in [6.45, 7) is -0.530. The van der Waals surface area contributed by atoms with Gasteiger partial charge in [-0.3, -0.25) is 19.3 Å². The highest BCUT2D eigenvalue weighted by Crippen LogP contribution is 2.36. The maximum atomic E-state index is 13.1. The van der Waals surface area contributed by atoms with Gasteiger partial charge in [0.25, 0.3) is 11.1 Å². The molecule has 1 aliphatic heterocycles. The van der Waals surface area contributed by atoms with Crippen molar-refractivity contribution in [3.63, 3.8) is 0 Å². The molecule has 1 N–H and O–H groups in total. The van der Waals surface area contributed by atoms with Gasteiger partial charge in [0, 0.05) is 5.69 Å². The average Bonchev–Trinajstić information content (AvgIpc) is 2.89. The number of alkyl halides is 3.